The van der Waals surface area contributed by atoms with E-state index in [4.69, 9.17) is 10.5 Å². The number of aromatic nitrogens is 1. The Kier molecular flexibility index (Phi) is 9.51. The predicted molar refractivity (Wildman–Crippen MR) is 127 cm³/mol. The molecule has 0 amide bonds. The number of nitrogens with zero attached hydrogens (tertiary/aromatic N) is 2. The SMILES string of the molecule is Cc1cc(N2CCCC(COC3C=C=CC/C(CF)=C\CCC(F)=C3)CCC2)c(N)cn1. The van der Waals surface area contributed by atoms with Gasteiger partial charge in [0.2, 0.25) is 0 Å². The van der Waals surface area contributed by atoms with E-state index in [9.17, 15) is 8.78 Å². The van der Waals surface area contributed by atoms with Crippen LogP contribution in [0.1, 0.15) is 50.6 Å². The lowest BCUT2D eigenvalue weighted by Crippen LogP contribution is -2.30. The number of anilines is 2. The fourth-order valence-electron chi connectivity index (χ4n) is 4.25. The van der Waals surface area contributed by atoms with E-state index < -0.39 is 12.8 Å². The Morgan fingerprint density at radius 1 is 1.28 bits per heavy atom. The Morgan fingerprint density at radius 3 is 2.81 bits per heavy atom. The van der Waals surface area contributed by atoms with Crippen molar-refractivity contribution >= 4 is 11.4 Å². The normalized spacial score (nSPS) is 23.0. The van der Waals surface area contributed by atoms with Crippen LogP contribution in [0, 0.1) is 12.8 Å². The maximum Gasteiger partial charge on any atom is 0.111 e. The third-order valence-electron chi connectivity index (χ3n) is 6.07. The molecule has 1 aromatic rings. The zero-order chi connectivity index (χ0) is 22.8. The zero-order valence-electron chi connectivity index (χ0n) is 19.0. The monoisotopic (exact) mass is 443 g/mol. The number of nitrogen functional groups attached to an aromatic ring is 1. The lowest BCUT2D eigenvalue weighted by molar-refractivity contribution is 0.0737. The molecule has 4 nitrogen and oxygen atoms in total. The van der Waals surface area contributed by atoms with E-state index in [1.807, 2.05) is 6.92 Å². The Hall–Kier alpha value is -2.43. The van der Waals surface area contributed by atoms with Crippen LogP contribution in [-0.4, -0.2) is 37.5 Å². The maximum atomic E-state index is 14.3. The molecular formula is C26H35F2N3O. The molecule has 0 radical (unpaired) electrons. The summed E-state index contributed by atoms with van der Waals surface area (Å²) in [5.41, 5.74) is 12.6. The molecule has 2 aliphatic rings. The van der Waals surface area contributed by atoms with Gasteiger partial charge in [0.1, 0.15) is 12.8 Å². The highest BCUT2D eigenvalue weighted by atomic mass is 19.1. The topological polar surface area (TPSA) is 51.4 Å². The highest BCUT2D eigenvalue weighted by Gasteiger charge is 2.18. The molecule has 174 valence electrons. The van der Waals surface area contributed by atoms with Crippen LogP contribution in [0.25, 0.3) is 0 Å². The third kappa shape index (κ3) is 7.61. The van der Waals surface area contributed by atoms with Crippen LogP contribution in [0.15, 0.2) is 53.7 Å². The van der Waals surface area contributed by atoms with Gasteiger partial charge >= 0.3 is 0 Å². The van der Waals surface area contributed by atoms with Gasteiger partial charge < -0.3 is 15.4 Å². The van der Waals surface area contributed by atoms with Gasteiger partial charge in [-0.05, 0) is 81.2 Å². The van der Waals surface area contributed by atoms with Crippen LogP contribution in [0.5, 0.6) is 0 Å². The van der Waals surface area contributed by atoms with Crippen LogP contribution in [0.2, 0.25) is 0 Å². The zero-order valence-corrected chi connectivity index (χ0v) is 19.0. The van der Waals surface area contributed by atoms with Crippen molar-refractivity contribution in [2.45, 2.75) is 58.0 Å². The first-order valence-corrected chi connectivity index (χ1v) is 11.6. The van der Waals surface area contributed by atoms with Crippen LogP contribution in [0.3, 0.4) is 0 Å². The molecule has 1 aliphatic heterocycles. The van der Waals surface area contributed by atoms with E-state index in [1.165, 1.54) is 6.08 Å². The summed E-state index contributed by atoms with van der Waals surface area (Å²) in [5.74, 6) is 0.225. The molecule has 0 aromatic carbocycles. The highest BCUT2D eigenvalue weighted by molar-refractivity contribution is 5.66. The number of nitrogens with two attached hydrogens (primary N) is 1. The molecule has 0 saturated carbocycles. The second-order valence-electron chi connectivity index (χ2n) is 8.71. The first-order valence-electron chi connectivity index (χ1n) is 11.6. The van der Waals surface area contributed by atoms with Crippen molar-refractivity contribution in [1.82, 2.24) is 4.98 Å². The molecule has 6 heteroatoms. The van der Waals surface area contributed by atoms with E-state index in [2.05, 4.69) is 21.7 Å². The minimum Gasteiger partial charge on any atom is -0.396 e. The van der Waals surface area contributed by atoms with Crippen LogP contribution >= 0.6 is 0 Å². The summed E-state index contributed by atoms with van der Waals surface area (Å²) >= 11 is 0. The lowest BCUT2D eigenvalue weighted by atomic mass is 9.96. The number of hydrogen-bond donors (Lipinski definition) is 1. The van der Waals surface area contributed by atoms with E-state index in [0.717, 1.165) is 55.8 Å². The molecule has 1 fully saturated rings. The number of pyridine rings is 1. The summed E-state index contributed by atoms with van der Waals surface area (Å²) in [5, 5.41) is 0. The standard InChI is InChI=1S/C26H35F2N3O/c1-20-15-26(25(29)18-30-20)31-13-5-9-22(10-6-14-31)19-32-24-12-3-2-7-21(17-27)8-4-11-23(28)16-24/h2,8,12,15-16,18,22,24H,4-7,9-11,13-14,17,19,29H2,1H3/b21-8+,23-16?. The summed E-state index contributed by atoms with van der Waals surface area (Å²) in [6.07, 6.45) is 13.6. The average molecular weight is 444 g/mol. The number of halogens is 2. The van der Waals surface area contributed by atoms with Crippen molar-refractivity contribution < 1.29 is 13.5 Å². The summed E-state index contributed by atoms with van der Waals surface area (Å²) in [6, 6.07) is 2.06. The number of aryl methyl sites for hydroxylation is 1. The second-order valence-corrected chi connectivity index (χ2v) is 8.71. The first-order chi connectivity index (χ1) is 15.5. The van der Waals surface area contributed by atoms with Gasteiger partial charge in [-0.2, -0.15) is 0 Å². The second kappa shape index (κ2) is 12.6. The number of ether oxygens (including phenoxy) is 1. The van der Waals surface area contributed by atoms with Gasteiger partial charge in [0.05, 0.1) is 30.0 Å². The predicted octanol–water partition coefficient (Wildman–Crippen LogP) is 6.00. The highest BCUT2D eigenvalue weighted by Crippen LogP contribution is 2.27. The fourth-order valence-corrected chi connectivity index (χ4v) is 4.25. The van der Waals surface area contributed by atoms with Crippen molar-refractivity contribution in [3.63, 3.8) is 0 Å². The summed E-state index contributed by atoms with van der Waals surface area (Å²) in [6.45, 7) is 3.98. The maximum absolute atomic E-state index is 14.3. The van der Waals surface area contributed by atoms with E-state index >= 15 is 0 Å². The molecule has 1 aromatic heterocycles. The molecule has 2 heterocycles. The summed E-state index contributed by atoms with van der Waals surface area (Å²) in [7, 11) is 0. The summed E-state index contributed by atoms with van der Waals surface area (Å²) in [4.78, 5) is 6.63. The van der Waals surface area contributed by atoms with Crippen molar-refractivity contribution in [2.75, 3.05) is 37.0 Å². The van der Waals surface area contributed by atoms with Gasteiger partial charge in [0.15, 0.2) is 0 Å². The average Bonchev–Trinajstić information content (AvgIpc) is 2.79. The largest absolute Gasteiger partial charge is 0.396 e. The van der Waals surface area contributed by atoms with Gasteiger partial charge in [-0.3, -0.25) is 4.98 Å². The molecule has 1 saturated heterocycles. The quantitative estimate of drug-likeness (QED) is 0.448. The number of alkyl halides is 1. The van der Waals surface area contributed by atoms with Gasteiger partial charge in [-0.15, -0.1) is 5.73 Å². The van der Waals surface area contributed by atoms with Crippen molar-refractivity contribution in [3.8, 4) is 0 Å². The summed E-state index contributed by atoms with van der Waals surface area (Å²) < 4.78 is 33.3. The first kappa shape index (κ1) is 24.2. The molecule has 1 aliphatic carbocycles. The van der Waals surface area contributed by atoms with Gasteiger partial charge in [0.25, 0.3) is 0 Å². The van der Waals surface area contributed by atoms with E-state index in [0.29, 0.717) is 30.9 Å². The number of hydrogen-bond acceptors (Lipinski definition) is 4. The smallest absolute Gasteiger partial charge is 0.111 e. The third-order valence-corrected chi connectivity index (χ3v) is 6.07. The fraction of sp³-hybridized carbons (Fsp3) is 0.538. The van der Waals surface area contributed by atoms with Crippen molar-refractivity contribution in [2.24, 2.45) is 5.92 Å². The van der Waals surface area contributed by atoms with Gasteiger partial charge in [0, 0.05) is 25.2 Å². The lowest BCUT2D eigenvalue weighted by Gasteiger charge is -2.30. The van der Waals surface area contributed by atoms with Crippen molar-refractivity contribution in [3.05, 3.63) is 59.4 Å². The molecule has 1 atom stereocenters. The Balaban J connectivity index is 1.54. The van der Waals surface area contributed by atoms with Crippen LogP contribution in [0.4, 0.5) is 20.2 Å². The Labute approximate surface area is 190 Å². The minimum atomic E-state index is -0.504. The number of rotatable bonds is 5. The van der Waals surface area contributed by atoms with E-state index in [-0.39, 0.29) is 12.2 Å². The van der Waals surface area contributed by atoms with Crippen LogP contribution < -0.4 is 10.6 Å². The number of allylic oxidation sites excluding steroid dienone is 3. The van der Waals surface area contributed by atoms with Gasteiger partial charge in [-0.1, -0.05) is 6.08 Å². The minimum absolute atomic E-state index is 0.219. The molecule has 32 heavy (non-hydrogen) atoms. The molecular weight excluding hydrogens is 408 g/mol. The Bertz CT molecular complexity index is 864. The molecule has 1 unspecified atom stereocenters. The Morgan fingerprint density at radius 2 is 2.06 bits per heavy atom. The molecule has 2 N–H and O–H groups in total. The molecule has 0 bridgehead atoms. The molecule has 3 rings (SSSR count). The van der Waals surface area contributed by atoms with Crippen molar-refractivity contribution in [1.29, 1.82) is 0 Å². The van der Waals surface area contributed by atoms with E-state index in [1.54, 1.807) is 24.4 Å². The van der Waals surface area contributed by atoms with Crippen LogP contribution in [-0.2, 0) is 4.74 Å². The molecule has 0 spiro atoms. The van der Waals surface area contributed by atoms with Gasteiger partial charge in [-0.25, -0.2) is 8.78 Å².